The topological polar surface area (TPSA) is 156 Å². The molecule has 0 bridgehead atoms. The van der Waals surface area contributed by atoms with E-state index in [-0.39, 0.29) is 25.4 Å². The van der Waals surface area contributed by atoms with Crippen LogP contribution in [0.15, 0.2) is 48.7 Å². The number of ether oxygens (including phenoxy) is 3. The fraction of sp³-hybridized carbons (Fsp3) is 0.457. The zero-order valence-electron chi connectivity index (χ0n) is 27.9. The molecule has 2 saturated heterocycles. The molecule has 0 unspecified atom stereocenters. The number of Topliss-reactive ketones (excluding diaryl/α,β-unsaturated/α-hetero) is 1. The standard InChI is InChI=1S/C35H44N6O7/c1-35(11-4-16-41(35)34(45)33(44)38-22-24-6-9-29(46-2)30(20-24)47-3)31(42)23-39-32(43)26-10-12-37-28-8-7-25(21-27(26)28)48-19-5-15-40-17-13-36-14-18-40/h6-10,12,20-21,36H,4-5,11,13-19,22-23H2,1-3H3,(H,38,44)(H,39,43)/p+1/t35-/m1/s1. The van der Waals surface area contributed by atoms with Gasteiger partial charge in [-0.05, 0) is 68.1 Å². The number of carbonyl (C=O) groups is 4. The molecule has 0 aliphatic carbocycles. The number of rotatable bonds is 13. The Labute approximate surface area is 280 Å². The van der Waals surface area contributed by atoms with Crippen LogP contribution in [-0.2, 0) is 20.9 Å². The molecule has 13 nitrogen and oxygen atoms in total. The van der Waals surface area contributed by atoms with E-state index in [1.807, 2.05) is 12.1 Å². The van der Waals surface area contributed by atoms with Gasteiger partial charge in [-0.1, -0.05) is 6.07 Å². The monoisotopic (exact) mass is 661 g/mol. The maximum Gasteiger partial charge on any atom is 0.312 e. The number of likely N-dealkylation sites (tertiary alicyclic amines) is 1. The van der Waals surface area contributed by atoms with Crippen LogP contribution in [0, 0.1) is 0 Å². The Morgan fingerprint density at radius 1 is 0.958 bits per heavy atom. The van der Waals surface area contributed by atoms with E-state index in [1.54, 1.807) is 43.5 Å². The molecule has 2 aromatic carbocycles. The average molecular weight is 662 g/mol. The molecule has 2 aliphatic rings. The lowest BCUT2D eigenvalue weighted by atomic mass is 9.92. The molecule has 4 N–H and O–H groups in total. The largest absolute Gasteiger partial charge is 0.494 e. The van der Waals surface area contributed by atoms with E-state index in [0.29, 0.717) is 58.7 Å². The molecule has 0 spiro atoms. The number of nitrogens with zero attached hydrogens (tertiary/aromatic N) is 3. The van der Waals surface area contributed by atoms with Crippen LogP contribution in [-0.4, -0.2) is 110 Å². The average Bonchev–Trinajstić information content (AvgIpc) is 3.53. The number of aromatic nitrogens is 1. The van der Waals surface area contributed by atoms with Crippen molar-refractivity contribution in [3.8, 4) is 17.2 Å². The van der Waals surface area contributed by atoms with Crippen molar-refractivity contribution in [3.05, 3.63) is 59.8 Å². The number of ketones is 1. The summed E-state index contributed by atoms with van der Waals surface area (Å²) in [6.45, 7) is 7.66. The van der Waals surface area contributed by atoms with Crippen LogP contribution in [0.5, 0.6) is 17.2 Å². The molecule has 5 rings (SSSR count). The summed E-state index contributed by atoms with van der Waals surface area (Å²) in [6, 6.07) is 12.2. The van der Waals surface area contributed by atoms with Crippen molar-refractivity contribution in [2.75, 3.05) is 66.6 Å². The Hall–Kier alpha value is -4.75. The minimum Gasteiger partial charge on any atom is -0.494 e. The number of pyridine rings is 1. The number of hydrogen-bond donors (Lipinski definition) is 3. The molecular formula is C35H45N6O7+. The Kier molecular flexibility index (Phi) is 11.5. The predicted octanol–water partition coefficient (Wildman–Crippen LogP) is 0.896. The number of quaternary nitrogens is 1. The van der Waals surface area contributed by atoms with Crippen LogP contribution < -0.4 is 30.2 Å². The highest BCUT2D eigenvalue weighted by Crippen LogP contribution is 2.31. The van der Waals surface area contributed by atoms with Crippen LogP contribution in [0.25, 0.3) is 10.9 Å². The number of nitrogens with one attached hydrogen (secondary N) is 2. The van der Waals surface area contributed by atoms with E-state index in [2.05, 4.69) is 25.8 Å². The van der Waals surface area contributed by atoms with Gasteiger partial charge in [-0.15, -0.1) is 0 Å². The zero-order valence-corrected chi connectivity index (χ0v) is 27.9. The van der Waals surface area contributed by atoms with Gasteiger partial charge in [0, 0.05) is 44.3 Å². The number of fused-ring (bicyclic) bond motifs is 1. The van der Waals surface area contributed by atoms with Crippen molar-refractivity contribution >= 4 is 34.4 Å². The highest BCUT2D eigenvalue weighted by molar-refractivity contribution is 6.35. The van der Waals surface area contributed by atoms with Crippen molar-refractivity contribution in [2.24, 2.45) is 0 Å². The Bertz CT molecular complexity index is 1640. The van der Waals surface area contributed by atoms with Crippen LogP contribution >= 0.6 is 0 Å². The van der Waals surface area contributed by atoms with Gasteiger partial charge in [-0.25, -0.2) is 0 Å². The third kappa shape index (κ3) is 8.03. The first-order valence-electron chi connectivity index (χ1n) is 16.4. The van der Waals surface area contributed by atoms with Gasteiger partial charge in [-0.3, -0.25) is 29.1 Å². The molecule has 0 saturated carbocycles. The van der Waals surface area contributed by atoms with Crippen LogP contribution in [0.2, 0.25) is 0 Å². The first kappa shape index (κ1) is 34.6. The lowest BCUT2D eigenvalue weighted by Crippen LogP contribution is -2.89. The number of piperazine rings is 1. The Morgan fingerprint density at radius 2 is 1.75 bits per heavy atom. The molecule has 3 amide bonds. The molecule has 1 aromatic heterocycles. The molecule has 256 valence electrons. The molecule has 0 radical (unpaired) electrons. The van der Waals surface area contributed by atoms with Gasteiger partial charge in [0.05, 0.1) is 51.5 Å². The number of methoxy groups -OCH3 is 2. The third-order valence-electron chi connectivity index (χ3n) is 9.14. The molecule has 3 heterocycles. The molecule has 48 heavy (non-hydrogen) atoms. The molecule has 2 aliphatic heterocycles. The highest BCUT2D eigenvalue weighted by Gasteiger charge is 2.46. The maximum atomic E-state index is 13.5. The molecule has 3 aromatic rings. The second kappa shape index (κ2) is 15.9. The quantitative estimate of drug-likeness (QED) is 0.179. The Morgan fingerprint density at radius 3 is 2.52 bits per heavy atom. The van der Waals surface area contributed by atoms with Gasteiger partial charge in [0.15, 0.2) is 17.3 Å². The maximum absolute atomic E-state index is 13.5. The fourth-order valence-corrected chi connectivity index (χ4v) is 6.31. The van der Waals surface area contributed by atoms with Crippen molar-refractivity contribution in [2.45, 2.75) is 38.3 Å². The second-order valence-corrected chi connectivity index (χ2v) is 12.3. The summed E-state index contributed by atoms with van der Waals surface area (Å²) in [5.41, 5.74) is 0.469. The van der Waals surface area contributed by atoms with Crippen LogP contribution in [0.3, 0.4) is 0 Å². The van der Waals surface area contributed by atoms with Crippen LogP contribution in [0.4, 0.5) is 0 Å². The van der Waals surface area contributed by atoms with Gasteiger partial charge in [0.2, 0.25) is 0 Å². The summed E-state index contributed by atoms with van der Waals surface area (Å²) < 4.78 is 16.6. The minimum atomic E-state index is -1.24. The van der Waals surface area contributed by atoms with Gasteiger partial charge in [0.1, 0.15) is 11.3 Å². The van der Waals surface area contributed by atoms with E-state index in [1.165, 1.54) is 19.1 Å². The fourth-order valence-electron chi connectivity index (χ4n) is 6.31. The van der Waals surface area contributed by atoms with Crippen LogP contribution in [0.1, 0.15) is 42.1 Å². The first-order valence-corrected chi connectivity index (χ1v) is 16.4. The van der Waals surface area contributed by atoms with Crippen molar-refractivity contribution in [1.82, 2.24) is 25.4 Å². The molecule has 1 atom stereocenters. The van der Waals surface area contributed by atoms with E-state index in [0.717, 1.165) is 39.1 Å². The van der Waals surface area contributed by atoms with Gasteiger partial charge in [0.25, 0.3) is 5.91 Å². The summed E-state index contributed by atoms with van der Waals surface area (Å²) in [7, 11) is 3.04. The summed E-state index contributed by atoms with van der Waals surface area (Å²) in [5.74, 6) is -0.721. The minimum absolute atomic E-state index is 0.0870. The van der Waals surface area contributed by atoms with E-state index >= 15 is 0 Å². The van der Waals surface area contributed by atoms with Gasteiger partial charge < -0.3 is 35.1 Å². The Balaban J connectivity index is 1.16. The number of hydrogen-bond acceptors (Lipinski definition) is 9. The normalized spacial score (nSPS) is 17.9. The lowest BCUT2D eigenvalue weighted by molar-refractivity contribution is -0.663. The first-order chi connectivity index (χ1) is 23.2. The molecule has 13 heteroatoms. The number of nitrogens with two attached hydrogens (primary N) is 1. The van der Waals surface area contributed by atoms with Gasteiger partial charge in [-0.2, -0.15) is 0 Å². The summed E-state index contributed by atoms with van der Waals surface area (Å²) in [4.78, 5) is 61.1. The number of benzene rings is 2. The van der Waals surface area contributed by atoms with E-state index < -0.39 is 23.3 Å². The van der Waals surface area contributed by atoms with E-state index in [4.69, 9.17) is 14.2 Å². The number of carbonyl (C=O) groups excluding carboxylic acids is 4. The van der Waals surface area contributed by atoms with E-state index in [9.17, 15) is 19.2 Å². The number of amides is 3. The van der Waals surface area contributed by atoms with Gasteiger partial charge >= 0.3 is 11.8 Å². The predicted molar refractivity (Wildman–Crippen MR) is 178 cm³/mol. The molecular weight excluding hydrogens is 616 g/mol. The molecule has 2 fully saturated rings. The SMILES string of the molecule is COc1ccc(CNC(=O)C(=O)N2CCC[C@]2(C)C(=O)CNC(=O)c2ccnc3ccc(OCCCN4CC[NH2+]CC4)cc23)cc1OC. The summed E-state index contributed by atoms with van der Waals surface area (Å²) in [5, 5.41) is 8.31. The second-order valence-electron chi connectivity index (χ2n) is 12.3. The van der Waals surface area contributed by atoms with Crippen molar-refractivity contribution < 1.29 is 38.7 Å². The third-order valence-corrected chi connectivity index (χ3v) is 9.14. The highest BCUT2D eigenvalue weighted by atomic mass is 16.5. The summed E-state index contributed by atoms with van der Waals surface area (Å²) in [6.07, 6.45) is 3.39. The lowest BCUT2D eigenvalue weighted by Gasteiger charge is -2.33. The zero-order chi connectivity index (χ0) is 34.1. The van der Waals surface area contributed by atoms with Crippen molar-refractivity contribution in [1.29, 1.82) is 0 Å². The smallest absolute Gasteiger partial charge is 0.312 e. The van der Waals surface area contributed by atoms with Crippen molar-refractivity contribution in [3.63, 3.8) is 0 Å². The summed E-state index contributed by atoms with van der Waals surface area (Å²) >= 11 is 0.